The third-order valence-electron chi connectivity index (χ3n) is 3.53. The third kappa shape index (κ3) is 2.67. The largest absolute Gasteiger partial charge is 0.387 e. The molecule has 0 amide bonds. The number of hydrogen-bond donors (Lipinski definition) is 1. The number of hydrogen-bond acceptors (Lipinski definition) is 4. The van der Waals surface area contributed by atoms with Gasteiger partial charge in [-0.1, -0.05) is 30.0 Å². The van der Waals surface area contributed by atoms with Gasteiger partial charge in [0.05, 0.1) is 4.21 Å². The highest BCUT2D eigenvalue weighted by atomic mass is 79.9. The molecule has 0 bridgehead atoms. The molecular weight excluding hydrogens is 400 g/mol. The molecule has 3 heterocycles. The van der Waals surface area contributed by atoms with Gasteiger partial charge in [0.25, 0.3) is 0 Å². The van der Waals surface area contributed by atoms with Gasteiger partial charge in [-0.2, -0.15) is 0 Å². The lowest BCUT2D eigenvalue weighted by atomic mass is 9.94. The van der Waals surface area contributed by atoms with Crippen LogP contribution in [0, 0.1) is 0 Å². The molecule has 0 spiro atoms. The predicted octanol–water partition coefficient (Wildman–Crippen LogP) is 5.54. The Hall–Kier alpha value is -1.01. The van der Waals surface area contributed by atoms with Crippen LogP contribution in [0.1, 0.15) is 17.5 Å². The molecule has 0 saturated carbocycles. The Kier molecular flexibility index (Phi) is 4.50. The summed E-state index contributed by atoms with van der Waals surface area (Å²) in [6.07, 6.45) is 2.76. The molecular formula is C16H12BrClN2S2. The Morgan fingerprint density at radius 1 is 1.14 bits per heavy atom. The fourth-order valence-corrected chi connectivity index (χ4v) is 5.31. The standard InChI is InChI=1S/C16H11BrN2S2.ClH/c17-14-7-11-9-3-1-2-4-13(9)21-16-10(5-6-20-16)12(11)8-15(18)19-14;/h1-7H,8H2,(H2,18,19);1H. The SMILES string of the molecule is Cl.NC1=NC(Br)=CC2=C(C1)c1ccsc1Sc1ccccc12. The molecule has 2 aliphatic rings. The van der Waals surface area contributed by atoms with Crippen LogP contribution in [0.2, 0.25) is 0 Å². The van der Waals surface area contributed by atoms with Gasteiger partial charge in [-0.15, -0.1) is 23.7 Å². The fraction of sp³-hybridized carbons (Fsp3) is 0.0625. The van der Waals surface area contributed by atoms with E-state index in [1.807, 2.05) is 11.8 Å². The van der Waals surface area contributed by atoms with E-state index >= 15 is 0 Å². The number of rotatable bonds is 0. The Morgan fingerprint density at radius 3 is 2.82 bits per heavy atom. The molecule has 0 aliphatic carbocycles. The number of halogens is 2. The second kappa shape index (κ2) is 6.24. The molecule has 2 aromatic rings. The molecule has 0 fully saturated rings. The van der Waals surface area contributed by atoms with Crippen molar-refractivity contribution in [2.24, 2.45) is 10.7 Å². The van der Waals surface area contributed by atoms with Gasteiger partial charge in [0.1, 0.15) is 10.4 Å². The van der Waals surface area contributed by atoms with Gasteiger partial charge in [-0.3, -0.25) is 0 Å². The summed E-state index contributed by atoms with van der Waals surface area (Å²) in [5.41, 5.74) is 11.1. The number of nitrogens with two attached hydrogens (primary N) is 1. The van der Waals surface area contributed by atoms with Crippen LogP contribution in [-0.4, -0.2) is 5.84 Å². The minimum atomic E-state index is 0. The minimum Gasteiger partial charge on any atom is -0.387 e. The number of allylic oxidation sites excluding steroid dienone is 2. The first kappa shape index (κ1) is 15.9. The molecule has 0 radical (unpaired) electrons. The van der Waals surface area contributed by atoms with E-state index in [1.54, 1.807) is 11.3 Å². The molecule has 2 nitrogen and oxygen atoms in total. The first-order valence-corrected chi connectivity index (χ1v) is 9.00. The van der Waals surface area contributed by atoms with E-state index in [9.17, 15) is 0 Å². The lowest BCUT2D eigenvalue weighted by molar-refractivity contribution is 1.36. The summed E-state index contributed by atoms with van der Waals surface area (Å²) in [7, 11) is 0. The molecule has 0 unspecified atom stereocenters. The van der Waals surface area contributed by atoms with E-state index in [2.05, 4.69) is 62.7 Å². The van der Waals surface area contributed by atoms with Gasteiger partial charge in [0.15, 0.2) is 0 Å². The molecule has 1 aromatic carbocycles. The predicted molar refractivity (Wildman–Crippen MR) is 102 cm³/mol. The monoisotopic (exact) mass is 410 g/mol. The van der Waals surface area contributed by atoms with Crippen molar-refractivity contribution in [2.75, 3.05) is 0 Å². The molecule has 2 N–H and O–H groups in total. The lowest BCUT2D eigenvalue weighted by Gasteiger charge is -2.10. The van der Waals surface area contributed by atoms with Crippen LogP contribution in [0.5, 0.6) is 0 Å². The van der Waals surface area contributed by atoms with E-state index in [-0.39, 0.29) is 12.4 Å². The van der Waals surface area contributed by atoms with Crippen molar-refractivity contribution >= 4 is 68.4 Å². The molecule has 6 heteroatoms. The van der Waals surface area contributed by atoms with Crippen LogP contribution in [0.15, 0.2) is 60.5 Å². The number of nitrogens with zero attached hydrogens (tertiary/aromatic N) is 1. The van der Waals surface area contributed by atoms with Crippen molar-refractivity contribution in [3.05, 3.63) is 57.5 Å². The maximum absolute atomic E-state index is 6.07. The molecule has 1 aromatic heterocycles. The smallest absolute Gasteiger partial charge is 0.108 e. The first-order chi connectivity index (χ1) is 10.2. The topological polar surface area (TPSA) is 38.4 Å². The van der Waals surface area contributed by atoms with E-state index in [4.69, 9.17) is 5.73 Å². The average Bonchev–Trinajstić information content (AvgIpc) is 2.80. The van der Waals surface area contributed by atoms with E-state index in [1.165, 1.54) is 31.4 Å². The highest BCUT2D eigenvalue weighted by Gasteiger charge is 2.24. The second-order valence-electron chi connectivity index (χ2n) is 4.86. The van der Waals surface area contributed by atoms with Crippen molar-refractivity contribution < 1.29 is 0 Å². The van der Waals surface area contributed by atoms with Gasteiger partial charge in [-0.25, -0.2) is 4.99 Å². The molecule has 22 heavy (non-hydrogen) atoms. The number of aliphatic imine (C=N–C) groups is 1. The second-order valence-corrected chi connectivity index (χ2v) is 7.90. The van der Waals surface area contributed by atoms with Gasteiger partial charge < -0.3 is 5.73 Å². The zero-order chi connectivity index (χ0) is 14.4. The summed E-state index contributed by atoms with van der Waals surface area (Å²) in [6.45, 7) is 0. The zero-order valence-corrected chi connectivity index (χ0v) is 15.4. The van der Waals surface area contributed by atoms with Crippen LogP contribution in [0.4, 0.5) is 0 Å². The van der Waals surface area contributed by atoms with Gasteiger partial charge >= 0.3 is 0 Å². The fourth-order valence-electron chi connectivity index (χ4n) is 2.65. The minimum absolute atomic E-state index is 0. The van der Waals surface area contributed by atoms with Crippen LogP contribution >= 0.6 is 51.4 Å². The maximum atomic E-state index is 6.07. The zero-order valence-electron chi connectivity index (χ0n) is 11.4. The van der Waals surface area contributed by atoms with Gasteiger partial charge in [0.2, 0.25) is 0 Å². The van der Waals surface area contributed by atoms with E-state index < -0.39 is 0 Å². The van der Waals surface area contributed by atoms with Crippen LogP contribution < -0.4 is 5.73 Å². The van der Waals surface area contributed by atoms with E-state index in [0.29, 0.717) is 12.3 Å². The first-order valence-electron chi connectivity index (χ1n) is 6.51. The number of benzene rings is 1. The normalized spacial score (nSPS) is 16.2. The van der Waals surface area contributed by atoms with Crippen LogP contribution in [0.3, 0.4) is 0 Å². The summed E-state index contributed by atoms with van der Waals surface area (Å²) >= 11 is 7.12. The maximum Gasteiger partial charge on any atom is 0.108 e. The van der Waals surface area contributed by atoms with Crippen LogP contribution in [0.25, 0.3) is 11.1 Å². The summed E-state index contributed by atoms with van der Waals surface area (Å²) < 4.78 is 2.11. The molecule has 4 rings (SSSR count). The van der Waals surface area contributed by atoms with Crippen LogP contribution in [-0.2, 0) is 0 Å². The summed E-state index contributed by atoms with van der Waals surface area (Å²) in [4.78, 5) is 5.67. The number of fused-ring (bicyclic) bond motifs is 4. The molecule has 0 atom stereocenters. The molecule has 112 valence electrons. The highest BCUT2D eigenvalue weighted by molar-refractivity contribution is 9.11. The van der Waals surface area contributed by atoms with Crippen molar-refractivity contribution in [1.29, 1.82) is 0 Å². The summed E-state index contributed by atoms with van der Waals surface area (Å²) in [6, 6.07) is 10.7. The number of thiophene rings is 1. The third-order valence-corrected chi connectivity index (χ3v) is 6.16. The Bertz CT molecular complexity index is 836. The highest BCUT2D eigenvalue weighted by Crippen LogP contribution is 2.48. The quantitative estimate of drug-likeness (QED) is 0.578. The van der Waals surface area contributed by atoms with E-state index in [0.717, 1.165) is 4.61 Å². The molecule has 2 aliphatic heterocycles. The summed E-state index contributed by atoms with van der Waals surface area (Å²) in [5, 5.41) is 2.15. The van der Waals surface area contributed by atoms with Crippen molar-refractivity contribution in [3.8, 4) is 0 Å². The average molecular weight is 412 g/mol. The molecule has 0 saturated heterocycles. The van der Waals surface area contributed by atoms with Crippen molar-refractivity contribution in [1.82, 2.24) is 0 Å². The van der Waals surface area contributed by atoms with Gasteiger partial charge in [-0.05, 0) is 56.2 Å². The lowest BCUT2D eigenvalue weighted by Crippen LogP contribution is -2.11. The number of amidine groups is 1. The Balaban J connectivity index is 0.00000144. The van der Waals surface area contributed by atoms with Crippen molar-refractivity contribution in [2.45, 2.75) is 15.5 Å². The Morgan fingerprint density at radius 2 is 1.95 bits per heavy atom. The summed E-state index contributed by atoms with van der Waals surface area (Å²) in [5.74, 6) is 0.643. The van der Waals surface area contributed by atoms with Crippen molar-refractivity contribution in [3.63, 3.8) is 0 Å². The Labute approximate surface area is 151 Å². The van der Waals surface area contributed by atoms with Gasteiger partial charge in [0, 0.05) is 16.9 Å².